The Balaban J connectivity index is 2.09. The summed E-state index contributed by atoms with van der Waals surface area (Å²) in [4.78, 5) is 16.3. The molecule has 0 heterocycles. The van der Waals surface area contributed by atoms with E-state index in [0.29, 0.717) is 0 Å². The number of aliphatic imine (C=N–C) groups is 1. The molecule has 1 amide bonds. The van der Waals surface area contributed by atoms with E-state index in [-0.39, 0.29) is 11.8 Å². The standard InChI is InChI=1S/C18H36N4O/c1-4-19-18(21-12-6-5-9-15(2)3)22-14-8-13-20-17(23)16-10-7-11-16/h15-16H,4-14H2,1-3H3,(H,20,23)(H2,19,21,22). The van der Waals surface area contributed by atoms with Gasteiger partial charge in [0.25, 0.3) is 0 Å². The monoisotopic (exact) mass is 324 g/mol. The Morgan fingerprint density at radius 3 is 2.43 bits per heavy atom. The van der Waals surface area contributed by atoms with Crippen LogP contribution in [0.1, 0.15) is 65.7 Å². The van der Waals surface area contributed by atoms with Gasteiger partial charge in [-0.1, -0.05) is 33.1 Å². The fourth-order valence-corrected chi connectivity index (χ4v) is 2.52. The molecule has 0 radical (unpaired) electrons. The van der Waals surface area contributed by atoms with Gasteiger partial charge in [0.05, 0.1) is 0 Å². The number of carbonyl (C=O) groups is 1. The Labute approximate surface area is 142 Å². The van der Waals surface area contributed by atoms with Gasteiger partial charge in [0.15, 0.2) is 5.96 Å². The summed E-state index contributed by atoms with van der Waals surface area (Å²) < 4.78 is 0. The second-order valence-electron chi connectivity index (χ2n) is 6.85. The van der Waals surface area contributed by atoms with Crippen LogP contribution < -0.4 is 16.0 Å². The molecule has 5 nitrogen and oxygen atoms in total. The maximum Gasteiger partial charge on any atom is 0.223 e. The van der Waals surface area contributed by atoms with Crippen molar-refractivity contribution in [1.29, 1.82) is 0 Å². The lowest BCUT2D eigenvalue weighted by Crippen LogP contribution is -2.38. The van der Waals surface area contributed by atoms with E-state index in [1.54, 1.807) is 0 Å². The van der Waals surface area contributed by atoms with Crippen molar-refractivity contribution in [2.24, 2.45) is 16.8 Å². The summed E-state index contributed by atoms with van der Waals surface area (Å²) in [6, 6.07) is 0. The Hall–Kier alpha value is -1.26. The summed E-state index contributed by atoms with van der Waals surface area (Å²) in [7, 11) is 0. The number of hydrogen-bond donors (Lipinski definition) is 3. The molecule has 5 heteroatoms. The van der Waals surface area contributed by atoms with E-state index < -0.39 is 0 Å². The fraction of sp³-hybridized carbons (Fsp3) is 0.889. The quantitative estimate of drug-likeness (QED) is 0.311. The first-order chi connectivity index (χ1) is 11.1. The highest BCUT2D eigenvalue weighted by molar-refractivity contribution is 5.80. The zero-order valence-corrected chi connectivity index (χ0v) is 15.3. The van der Waals surface area contributed by atoms with Gasteiger partial charge < -0.3 is 16.0 Å². The van der Waals surface area contributed by atoms with Crippen LogP contribution in [0.5, 0.6) is 0 Å². The average molecular weight is 325 g/mol. The molecule has 1 fully saturated rings. The molecule has 0 atom stereocenters. The number of guanidine groups is 1. The van der Waals surface area contributed by atoms with Gasteiger partial charge in [-0.25, -0.2) is 0 Å². The summed E-state index contributed by atoms with van der Waals surface area (Å²) in [6.45, 7) is 9.92. The van der Waals surface area contributed by atoms with Gasteiger partial charge in [0.2, 0.25) is 5.91 Å². The molecule has 1 aliphatic rings. The van der Waals surface area contributed by atoms with Crippen molar-refractivity contribution in [3.8, 4) is 0 Å². The third kappa shape index (κ3) is 9.47. The van der Waals surface area contributed by atoms with Crippen molar-refractivity contribution in [2.75, 3.05) is 26.2 Å². The van der Waals surface area contributed by atoms with Crippen molar-refractivity contribution in [2.45, 2.75) is 65.7 Å². The highest BCUT2D eigenvalue weighted by Crippen LogP contribution is 2.25. The van der Waals surface area contributed by atoms with Gasteiger partial charge in [-0.3, -0.25) is 9.79 Å². The Bertz CT molecular complexity index is 351. The van der Waals surface area contributed by atoms with Crippen molar-refractivity contribution in [3.63, 3.8) is 0 Å². The average Bonchev–Trinajstić information content (AvgIpc) is 2.44. The highest BCUT2D eigenvalue weighted by Gasteiger charge is 2.24. The van der Waals surface area contributed by atoms with E-state index in [1.165, 1.54) is 25.7 Å². The summed E-state index contributed by atoms with van der Waals surface area (Å²) in [5.41, 5.74) is 0. The third-order valence-corrected chi connectivity index (χ3v) is 4.22. The van der Waals surface area contributed by atoms with Crippen LogP contribution in [-0.4, -0.2) is 38.0 Å². The molecular formula is C18H36N4O. The van der Waals surface area contributed by atoms with Crippen LogP contribution in [0.3, 0.4) is 0 Å². The molecule has 1 aliphatic carbocycles. The molecule has 0 saturated heterocycles. The lowest BCUT2D eigenvalue weighted by molar-refractivity contribution is -0.127. The molecule has 0 bridgehead atoms. The van der Waals surface area contributed by atoms with Crippen LogP contribution in [0.15, 0.2) is 4.99 Å². The van der Waals surface area contributed by atoms with E-state index in [2.05, 4.69) is 41.7 Å². The minimum absolute atomic E-state index is 0.232. The molecule has 0 spiro atoms. The molecule has 3 N–H and O–H groups in total. The Kier molecular flexibility index (Phi) is 10.5. The molecule has 1 rings (SSSR count). The van der Waals surface area contributed by atoms with Crippen LogP contribution in [0, 0.1) is 11.8 Å². The third-order valence-electron chi connectivity index (χ3n) is 4.22. The van der Waals surface area contributed by atoms with Gasteiger partial charge >= 0.3 is 0 Å². The van der Waals surface area contributed by atoms with Gasteiger partial charge in [-0.2, -0.15) is 0 Å². The van der Waals surface area contributed by atoms with E-state index in [0.717, 1.165) is 57.3 Å². The van der Waals surface area contributed by atoms with Crippen LogP contribution >= 0.6 is 0 Å². The second-order valence-corrected chi connectivity index (χ2v) is 6.85. The van der Waals surface area contributed by atoms with Crippen LogP contribution in [-0.2, 0) is 4.79 Å². The lowest BCUT2D eigenvalue weighted by Gasteiger charge is -2.23. The van der Waals surface area contributed by atoms with E-state index in [1.807, 2.05) is 0 Å². The molecule has 1 saturated carbocycles. The molecule has 0 aromatic rings. The predicted molar refractivity (Wildman–Crippen MR) is 97.6 cm³/mol. The number of hydrogen-bond acceptors (Lipinski definition) is 2. The van der Waals surface area contributed by atoms with E-state index in [9.17, 15) is 4.79 Å². The zero-order valence-electron chi connectivity index (χ0n) is 15.3. The summed E-state index contributed by atoms with van der Waals surface area (Å²) in [6.07, 6.45) is 7.96. The van der Waals surface area contributed by atoms with Gasteiger partial charge in [-0.05, 0) is 38.5 Å². The van der Waals surface area contributed by atoms with E-state index >= 15 is 0 Å². The number of nitrogens with zero attached hydrogens (tertiary/aromatic N) is 1. The first-order valence-corrected chi connectivity index (χ1v) is 9.43. The molecular weight excluding hydrogens is 288 g/mol. The molecule has 0 aromatic carbocycles. The zero-order chi connectivity index (χ0) is 16.9. The first kappa shape index (κ1) is 19.8. The first-order valence-electron chi connectivity index (χ1n) is 9.43. The topological polar surface area (TPSA) is 65.5 Å². The SMILES string of the molecule is CCNC(=NCCCNC(=O)C1CCC1)NCCCCC(C)C. The van der Waals surface area contributed by atoms with Crippen molar-refractivity contribution in [1.82, 2.24) is 16.0 Å². The van der Waals surface area contributed by atoms with Gasteiger partial charge in [0.1, 0.15) is 0 Å². The molecule has 0 aromatic heterocycles. The minimum atomic E-state index is 0.232. The normalized spacial score (nSPS) is 15.4. The lowest BCUT2D eigenvalue weighted by atomic mass is 9.85. The highest BCUT2D eigenvalue weighted by atomic mass is 16.1. The molecule has 0 aliphatic heterocycles. The fourth-order valence-electron chi connectivity index (χ4n) is 2.52. The Morgan fingerprint density at radius 1 is 1.09 bits per heavy atom. The smallest absolute Gasteiger partial charge is 0.223 e. The Morgan fingerprint density at radius 2 is 1.83 bits per heavy atom. The number of amides is 1. The summed E-state index contributed by atoms with van der Waals surface area (Å²) >= 11 is 0. The van der Waals surface area contributed by atoms with Crippen molar-refractivity contribution < 1.29 is 4.79 Å². The maximum absolute atomic E-state index is 11.7. The number of nitrogens with one attached hydrogen (secondary N) is 3. The van der Waals surface area contributed by atoms with Gasteiger partial charge in [0, 0.05) is 32.1 Å². The number of carbonyl (C=O) groups excluding carboxylic acids is 1. The van der Waals surface area contributed by atoms with Crippen LogP contribution in [0.4, 0.5) is 0 Å². The molecule has 134 valence electrons. The summed E-state index contributed by atoms with van der Waals surface area (Å²) in [5, 5.41) is 9.66. The number of unbranched alkanes of at least 4 members (excludes halogenated alkanes) is 1. The number of rotatable bonds is 11. The van der Waals surface area contributed by atoms with Crippen molar-refractivity contribution >= 4 is 11.9 Å². The van der Waals surface area contributed by atoms with Crippen molar-refractivity contribution in [3.05, 3.63) is 0 Å². The maximum atomic E-state index is 11.7. The van der Waals surface area contributed by atoms with E-state index in [4.69, 9.17) is 0 Å². The predicted octanol–water partition coefficient (Wildman–Crippen LogP) is 2.67. The molecule has 23 heavy (non-hydrogen) atoms. The largest absolute Gasteiger partial charge is 0.357 e. The second kappa shape index (κ2) is 12.2. The molecule has 0 unspecified atom stereocenters. The van der Waals surface area contributed by atoms with Crippen LogP contribution in [0.25, 0.3) is 0 Å². The summed E-state index contributed by atoms with van der Waals surface area (Å²) in [5.74, 6) is 2.19. The minimum Gasteiger partial charge on any atom is -0.357 e. The van der Waals surface area contributed by atoms with Gasteiger partial charge in [-0.15, -0.1) is 0 Å². The van der Waals surface area contributed by atoms with Crippen LogP contribution in [0.2, 0.25) is 0 Å².